The van der Waals surface area contributed by atoms with Crippen molar-refractivity contribution in [2.45, 2.75) is 38.8 Å². The zero-order valence-corrected chi connectivity index (χ0v) is 13.2. The van der Waals surface area contributed by atoms with Crippen LogP contribution in [0, 0.1) is 0 Å². The molecule has 0 heterocycles. The highest BCUT2D eigenvalue weighted by Crippen LogP contribution is 2.32. The summed E-state index contributed by atoms with van der Waals surface area (Å²) in [7, 11) is 1.52. The lowest BCUT2D eigenvalue weighted by atomic mass is 9.93. The molecule has 0 radical (unpaired) electrons. The third-order valence-electron chi connectivity index (χ3n) is 3.66. The second-order valence-electron chi connectivity index (χ2n) is 4.61. The van der Waals surface area contributed by atoms with Gasteiger partial charge in [-0.3, -0.25) is 0 Å². The van der Waals surface area contributed by atoms with E-state index in [1.165, 1.54) is 7.11 Å². The number of phenols is 1. The van der Waals surface area contributed by atoms with E-state index in [1.807, 2.05) is 0 Å². The van der Waals surface area contributed by atoms with E-state index < -0.39 is 0 Å². The molecule has 0 aliphatic carbocycles. The lowest BCUT2D eigenvalue weighted by Crippen LogP contribution is -2.47. The lowest BCUT2D eigenvalue weighted by molar-refractivity contribution is 0.149. The minimum absolute atomic E-state index is 0.104. The number of hydrogen-bond acceptors (Lipinski definition) is 4. The molecule has 0 unspecified atom stereocenters. The van der Waals surface area contributed by atoms with Gasteiger partial charge in [0.2, 0.25) is 0 Å². The Labute approximate surface area is 122 Å². The van der Waals surface area contributed by atoms with Crippen molar-refractivity contribution < 1.29 is 14.9 Å². The summed E-state index contributed by atoms with van der Waals surface area (Å²) < 4.78 is 5.92. The third kappa shape index (κ3) is 3.84. The standard InChI is InChI=1S/C14H22BrNO3/c1-4-14(5-2,9-17)16-8-10-6-13(19-3)12(18)7-11(10)15/h6-7,16-18H,4-5,8-9H2,1-3H3. The molecule has 0 saturated carbocycles. The van der Waals surface area contributed by atoms with E-state index in [4.69, 9.17) is 4.74 Å². The molecule has 5 heteroatoms. The number of rotatable bonds is 7. The molecule has 1 aromatic carbocycles. The van der Waals surface area contributed by atoms with Crippen LogP contribution in [0.25, 0.3) is 0 Å². The highest BCUT2D eigenvalue weighted by molar-refractivity contribution is 9.10. The van der Waals surface area contributed by atoms with Gasteiger partial charge >= 0.3 is 0 Å². The number of benzene rings is 1. The number of ether oxygens (including phenoxy) is 1. The number of aliphatic hydroxyl groups excluding tert-OH is 1. The molecular weight excluding hydrogens is 310 g/mol. The number of phenolic OH excluding ortho intramolecular Hbond substituents is 1. The molecule has 0 spiro atoms. The minimum Gasteiger partial charge on any atom is -0.504 e. The van der Waals surface area contributed by atoms with Gasteiger partial charge in [-0.2, -0.15) is 0 Å². The molecule has 0 atom stereocenters. The number of aliphatic hydroxyl groups is 1. The van der Waals surface area contributed by atoms with Gasteiger partial charge in [0.25, 0.3) is 0 Å². The Hall–Kier alpha value is -0.780. The van der Waals surface area contributed by atoms with Crippen LogP contribution < -0.4 is 10.1 Å². The Morgan fingerprint density at radius 1 is 1.32 bits per heavy atom. The van der Waals surface area contributed by atoms with E-state index in [0.29, 0.717) is 12.3 Å². The van der Waals surface area contributed by atoms with Crippen LogP contribution in [-0.4, -0.2) is 29.5 Å². The maximum absolute atomic E-state index is 9.67. The first kappa shape index (κ1) is 16.3. The van der Waals surface area contributed by atoms with Crippen molar-refractivity contribution in [2.24, 2.45) is 0 Å². The van der Waals surface area contributed by atoms with Gasteiger partial charge in [0, 0.05) is 16.6 Å². The van der Waals surface area contributed by atoms with E-state index >= 15 is 0 Å². The Balaban J connectivity index is 2.88. The van der Waals surface area contributed by atoms with Crippen LogP contribution in [0.15, 0.2) is 16.6 Å². The van der Waals surface area contributed by atoms with Crippen LogP contribution in [0.1, 0.15) is 32.3 Å². The maximum atomic E-state index is 9.67. The zero-order valence-electron chi connectivity index (χ0n) is 11.7. The average molecular weight is 332 g/mol. The summed E-state index contributed by atoms with van der Waals surface area (Å²) in [6.45, 7) is 4.81. The van der Waals surface area contributed by atoms with Crippen molar-refractivity contribution in [3.05, 3.63) is 22.2 Å². The third-order valence-corrected chi connectivity index (χ3v) is 4.40. The van der Waals surface area contributed by atoms with E-state index in [0.717, 1.165) is 22.9 Å². The van der Waals surface area contributed by atoms with Crippen LogP contribution >= 0.6 is 15.9 Å². The molecule has 1 rings (SSSR count). The van der Waals surface area contributed by atoms with Crippen molar-refractivity contribution in [3.8, 4) is 11.5 Å². The molecule has 0 saturated heterocycles. The first-order chi connectivity index (χ1) is 9.01. The van der Waals surface area contributed by atoms with Crippen molar-refractivity contribution in [2.75, 3.05) is 13.7 Å². The molecule has 19 heavy (non-hydrogen) atoms. The smallest absolute Gasteiger partial charge is 0.160 e. The number of methoxy groups -OCH3 is 1. The summed E-state index contributed by atoms with van der Waals surface area (Å²) >= 11 is 3.43. The predicted octanol–water partition coefficient (Wildman–Crippen LogP) is 2.80. The number of halogens is 1. The van der Waals surface area contributed by atoms with Gasteiger partial charge < -0.3 is 20.3 Å². The van der Waals surface area contributed by atoms with Crippen LogP contribution in [-0.2, 0) is 6.54 Å². The quantitative estimate of drug-likeness (QED) is 0.719. The lowest BCUT2D eigenvalue weighted by Gasteiger charge is -2.31. The summed E-state index contributed by atoms with van der Waals surface area (Å²) in [6, 6.07) is 3.41. The van der Waals surface area contributed by atoms with E-state index in [1.54, 1.807) is 12.1 Å². The molecule has 3 N–H and O–H groups in total. The molecule has 4 nitrogen and oxygen atoms in total. The van der Waals surface area contributed by atoms with Gasteiger partial charge in [0.15, 0.2) is 11.5 Å². The number of aromatic hydroxyl groups is 1. The zero-order chi connectivity index (χ0) is 14.5. The van der Waals surface area contributed by atoms with E-state index in [2.05, 4.69) is 35.1 Å². The van der Waals surface area contributed by atoms with Gasteiger partial charge in [-0.05, 0) is 30.5 Å². The first-order valence-corrected chi connectivity index (χ1v) is 7.22. The molecule has 0 aliphatic rings. The number of nitrogens with one attached hydrogen (secondary N) is 1. The second kappa shape index (κ2) is 7.12. The van der Waals surface area contributed by atoms with Gasteiger partial charge in [-0.1, -0.05) is 29.8 Å². The molecule has 108 valence electrons. The summed E-state index contributed by atoms with van der Waals surface area (Å²) in [5.74, 6) is 0.556. The largest absolute Gasteiger partial charge is 0.504 e. The fourth-order valence-electron chi connectivity index (χ4n) is 1.95. The summed E-state index contributed by atoms with van der Waals surface area (Å²) in [6.07, 6.45) is 1.71. The van der Waals surface area contributed by atoms with Crippen LogP contribution in [0.5, 0.6) is 11.5 Å². The molecule has 0 aromatic heterocycles. The fraction of sp³-hybridized carbons (Fsp3) is 0.571. The fourth-order valence-corrected chi connectivity index (χ4v) is 2.42. The Kier molecular flexibility index (Phi) is 6.10. The first-order valence-electron chi connectivity index (χ1n) is 6.43. The molecule has 0 fully saturated rings. The van der Waals surface area contributed by atoms with Crippen molar-refractivity contribution >= 4 is 15.9 Å². The highest BCUT2D eigenvalue weighted by Gasteiger charge is 2.24. The predicted molar refractivity (Wildman–Crippen MR) is 79.6 cm³/mol. The minimum atomic E-state index is -0.259. The molecule has 0 amide bonds. The number of hydrogen-bond donors (Lipinski definition) is 3. The summed E-state index contributed by atoms with van der Waals surface area (Å²) in [5.41, 5.74) is 0.722. The van der Waals surface area contributed by atoms with Crippen molar-refractivity contribution in [3.63, 3.8) is 0 Å². The van der Waals surface area contributed by atoms with E-state index in [9.17, 15) is 10.2 Å². The van der Waals surface area contributed by atoms with Crippen LogP contribution in [0.3, 0.4) is 0 Å². The molecular formula is C14H22BrNO3. The maximum Gasteiger partial charge on any atom is 0.160 e. The Morgan fingerprint density at radius 3 is 2.42 bits per heavy atom. The summed E-state index contributed by atoms with van der Waals surface area (Å²) in [4.78, 5) is 0. The van der Waals surface area contributed by atoms with Gasteiger partial charge in [-0.25, -0.2) is 0 Å². The van der Waals surface area contributed by atoms with Crippen molar-refractivity contribution in [1.29, 1.82) is 0 Å². The highest BCUT2D eigenvalue weighted by atomic mass is 79.9. The molecule has 0 aliphatic heterocycles. The van der Waals surface area contributed by atoms with Gasteiger partial charge in [-0.15, -0.1) is 0 Å². The monoisotopic (exact) mass is 331 g/mol. The molecule has 0 bridgehead atoms. The van der Waals surface area contributed by atoms with Crippen LogP contribution in [0.2, 0.25) is 0 Å². The SMILES string of the molecule is CCC(CC)(CO)NCc1cc(OC)c(O)cc1Br. The Morgan fingerprint density at radius 2 is 1.95 bits per heavy atom. The molecule has 1 aromatic rings. The van der Waals surface area contributed by atoms with Crippen LogP contribution in [0.4, 0.5) is 0 Å². The normalized spacial score (nSPS) is 11.6. The average Bonchev–Trinajstić information content (AvgIpc) is 2.43. The topological polar surface area (TPSA) is 61.7 Å². The van der Waals surface area contributed by atoms with E-state index in [-0.39, 0.29) is 17.9 Å². The van der Waals surface area contributed by atoms with Gasteiger partial charge in [0.1, 0.15) is 0 Å². The van der Waals surface area contributed by atoms with Crippen molar-refractivity contribution in [1.82, 2.24) is 5.32 Å². The van der Waals surface area contributed by atoms with Gasteiger partial charge in [0.05, 0.1) is 13.7 Å². The second-order valence-corrected chi connectivity index (χ2v) is 5.47. The Bertz CT molecular complexity index is 411. The summed E-state index contributed by atoms with van der Waals surface area (Å²) in [5, 5.41) is 22.6.